The Morgan fingerprint density at radius 2 is 1.90 bits per heavy atom. The van der Waals surface area contributed by atoms with Crippen LogP contribution in [0, 0.1) is 0 Å². The van der Waals surface area contributed by atoms with Gasteiger partial charge in [-0.25, -0.2) is 0 Å². The fraction of sp³-hybridized carbons (Fsp3) is 0.182. The first-order chi connectivity index (χ1) is 13.9. The predicted molar refractivity (Wildman–Crippen MR) is 118 cm³/mol. The number of benzene rings is 2. The maximum absolute atomic E-state index is 12.6. The minimum Gasteiger partial charge on any atom is -0.329 e. The van der Waals surface area contributed by atoms with Crippen LogP contribution in [0.3, 0.4) is 0 Å². The van der Waals surface area contributed by atoms with E-state index in [1.807, 2.05) is 25.1 Å². The van der Waals surface area contributed by atoms with Gasteiger partial charge in [0.2, 0.25) is 7.37 Å². The molecule has 0 saturated heterocycles. The molecule has 1 aromatic heterocycles. The van der Waals surface area contributed by atoms with Gasteiger partial charge in [0, 0.05) is 35.8 Å². The molecule has 29 heavy (non-hydrogen) atoms. The summed E-state index contributed by atoms with van der Waals surface area (Å²) >= 11 is 6.29. The lowest BCUT2D eigenvalue weighted by molar-refractivity contribution is 0.102. The van der Waals surface area contributed by atoms with Gasteiger partial charge < -0.3 is 9.84 Å². The highest BCUT2D eigenvalue weighted by molar-refractivity contribution is 7.57. The number of nitrogens with one attached hydrogen (secondary N) is 1. The maximum Gasteiger partial charge on any atom is 0.255 e. The minimum atomic E-state index is -2.67. The molecule has 2 aromatic carbocycles. The molecule has 7 heteroatoms. The SMILES string of the molecule is CCOP(C)(=O)Cc1ccc(C(=O)Nc2ccc(Cl)c(-c3ccccn3)c2)cc1. The van der Waals surface area contributed by atoms with Crippen LogP contribution in [0.5, 0.6) is 0 Å². The second-order valence-corrected chi connectivity index (χ2v) is 9.66. The van der Waals surface area contributed by atoms with Crippen LogP contribution in [0.25, 0.3) is 11.3 Å². The van der Waals surface area contributed by atoms with Crippen molar-refractivity contribution in [3.05, 3.63) is 83.0 Å². The molecule has 1 N–H and O–H groups in total. The molecule has 150 valence electrons. The van der Waals surface area contributed by atoms with Crippen LogP contribution in [-0.2, 0) is 15.3 Å². The summed E-state index contributed by atoms with van der Waals surface area (Å²) in [4.78, 5) is 16.9. The summed E-state index contributed by atoms with van der Waals surface area (Å²) in [6.07, 6.45) is 2.03. The second-order valence-electron chi connectivity index (χ2n) is 6.65. The molecule has 0 radical (unpaired) electrons. The zero-order valence-electron chi connectivity index (χ0n) is 16.3. The molecule has 0 aliphatic heterocycles. The Hall–Kier alpha value is -2.46. The molecule has 3 rings (SSSR count). The molecular formula is C22H22ClN2O3P. The summed E-state index contributed by atoms with van der Waals surface area (Å²) in [7, 11) is -2.67. The first-order valence-electron chi connectivity index (χ1n) is 9.20. The van der Waals surface area contributed by atoms with E-state index in [1.165, 1.54) is 0 Å². The molecule has 0 aliphatic rings. The molecule has 0 saturated carbocycles. The van der Waals surface area contributed by atoms with E-state index in [4.69, 9.17) is 16.1 Å². The number of carbonyl (C=O) groups excluding carboxylic acids is 1. The minimum absolute atomic E-state index is 0.240. The van der Waals surface area contributed by atoms with Crippen LogP contribution in [-0.4, -0.2) is 24.2 Å². The van der Waals surface area contributed by atoms with Crippen molar-refractivity contribution in [1.82, 2.24) is 4.98 Å². The van der Waals surface area contributed by atoms with Crippen molar-refractivity contribution >= 4 is 30.6 Å². The molecular weight excluding hydrogens is 407 g/mol. The molecule has 5 nitrogen and oxygen atoms in total. The molecule has 0 spiro atoms. The Morgan fingerprint density at radius 1 is 1.14 bits per heavy atom. The Bertz CT molecular complexity index is 1040. The summed E-state index contributed by atoms with van der Waals surface area (Å²) in [6.45, 7) is 3.85. The fourth-order valence-corrected chi connectivity index (χ4v) is 4.66. The number of amides is 1. The summed E-state index contributed by atoms with van der Waals surface area (Å²) < 4.78 is 17.6. The quantitative estimate of drug-likeness (QED) is 0.462. The first-order valence-corrected chi connectivity index (χ1v) is 11.8. The van der Waals surface area contributed by atoms with Gasteiger partial charge in [-0.05, 0) is 55.0 Å². The van der Waals surface area contributed by atoms with E-state index in [0.29, 0.717) is 29.0 Å². The predicted octanol–water partition coefficient (Wildman–Crippen LogP) is 6.10. The zero-order chi connectivity index (χ0) is 20.9. The van der Waals surface area contributed by atoms with Gasteiger partial charge in [0.1, 0.15) is 0 Å². The van der Waals surface area contributed by atoms with E-state index in [0.717, 1.165) is 16.8 Å². The number of hydrogen-bond donors (Lipinski definition) is 1. The van der Waals surface area contributed by atoms with Crippen molar-refractivity contribution in [2.45, 2.75) is 13.1 Å². The van der Waals surface area contributed by atoms with Crippen LogP contribution in [0.15, 0.2) is 66.9 Å². The third kappa shape index (κ3) is 5.77. The van der Waals surface area contributed by atoms with Crippen molar-refractivity contribution in [2.24, 2.45) is 0 Å². The summed E-state index contributed by atoms with van der Waals surface area (Å²) in [5.74, 6) is -0.240. The third-order valence-electron chi connectivity index (χ3n) is 4.25. The molecule has 0 aliphatic carbocycles. The Kier molecular flexibility index (Phi) is 6.86. The molecule has 1 amide bonds. The molecule has 1 heterocycles. The topological polar surface area (TPSA) is 68.3 Å². The highest BCUT2D eigenvalue weighted by Crippen LogP contribution is 2.46. The number of nitrogens with zero attached hydrogens (tertiary/aromatic N) is 1. The van der Waals surface area contributed by atoms with E-state index in [9.17, 15) is 9.36 Å². The number of anilines is 1. The van der Waals surface area contributed by atoms with Crippen LogP contribution < -0.4 is 5.32 Å². The Balaban J connectivity index is 1.73. The highest BCUT2D eigenvalue weighted by Gasteiger charge is 2.16. The zero-order valence-corrected chi connectivity index (χ0v) is 17.9. The third-order valence-corrected chi connectivity index (χ3v) is 6.33. The van der Waals surface area contributed by atoms with Crippen LogP contribution in [0.1, 0.15) is 22.8 Å². The van der Waals surface area contributed by atoms with Gasteiger partial charge in [0.15, 0.2) is 0 Å². The van der Waals surface area contributed by atoms with Gasteiger partial charge in [-0.15, -0.1) is 0 Å². The van der Waals surface area contributed by atoms with Crippen molar-refractivity contribution in [3.8, 4) is 11.3 Å². The van der Waals surface area contributed by atoms with Crippen molar-refractivity contribution < 1.29 is 13.9 Å². The Morgan fingerprint density at radius 3 is 2.55 bits per heavy atom. The van der Waals surface area contributed by atoms with Gasteiger partial charge in [0.25, 0.3) is 5.91 Å². The fourth-order valence-electron chi connectivity index (χ4n) is 2.94. The van der Waals surface area contributed by atoms with E-state index in [2.05, 4.69) is 10.3 Å². The molecule has 3 aromatic rings. The van der Waals surface area contributed by atoms with E-state index < -0.39 is 7.37 Å². The largest absolute Gasteiger partial charge is 0.329 e. The second kappa shape index (κ2) is 9.36. The molecule has 1 unspecified atom stereocenters. The molecule has 0 bridgehead atoms. The summed E-state index contributed by atoms with van der Waals surface area (Å²) in [5, 5.41) is 3.44. The van der Waals surface area contributed by atoms with Gasteiger partial charge in [-0.2, -0.15) is 0 Å². The van der Waals surface area contributed by atoms with E-state index >= 15 is 0 Å². The number of hydrogen-bond acceptors (Lipinski definition) is 4. The number of halogens is 1. The lowest BCUT2D eigenvalue weighted by atomic mass is 10.1. The standard InChI is InChI=1S/C22H22ClN2O3P/c1-3-28-29(2,27)15-16-7-9-17(10-8-16)22(26)25-18-11-12-20(23)19(14-18)21-6-4-5-13-24-21/h4-14H,3,15H2,1-2H3,(H,25,26). The normalized spacial score (nSPS) is 12.9. The first kappa shape index (κ1) is 21.3. The summed E-state index contributed by atoms with van der Waals surface area (Å²) in [6, 6.07) is 17.9. The lowest BCUT2D eigenvalue weighted by Crippen LogP contribution is -2.12. The lowest BCUT2D eigenvalue weighted by Gasteiger charge is -2.13. The van der Waals surface area contributed by atoms with Gasteiger partial charge >= 0.3 is 0 Å². The van der Waals surface area contributed by atoms with Crippen molar-refractivity contribution in [1.29, 1.82) is 0 Å². The average molecular weight is 429 g/mol. The van der Waals surface area contributed by atoms with Crippen LogP contribution >= 0.6 is 19.0 Å². The summed E-state index contributed by atoms with van der Waals surface area (Å²) in [5.41, 5.74) is 3.47. The number of pyridine rings is 1. The van der Waals surface area contributed by atoms with Crippen LogP contribution in [0.4, 0.5) is 5.69 Å². The average Bonchev–Trinajstić information content (AvgIpc) is 2.70. The van der Waals surface area contributed by atoms with Gasteiger partial charge in [-0.1, -0.05) is 29.8 Å². The highest BCUT2D eigenvalue weighted by atomic mass is 35.5. The number of aromatic nitrogens is 1. The van der Waals surface area contributed by atoms with Crippen LogP contribution in [0.2, 0.25) is 5.02 Å². The molecule has 0 fully saturated rings. The number of rotatable bonds is 7. The molecule has 1 atom stereocenters. The van der Waals surface area contributed by atoms with Crippen molar-refractivity contribution in [2.75, 3.05) is 18.6 Å². The van der Waals surface area contributed by atoms with Crippen molar-refractivity contribution in [3.63, 3.8) is 0 Å². The Labute approximate surface area is 175 Å². The maximum atomic E-state index is 12.6. The monoisotopic (exact) mass is 428 g/mol. The van der Waals surface area contributed by atoms with E-state index in [-0.39, 0.29) is 5.91 Å². The number of carbonyl (C=O) groups is 1. The van der Waals surface area contributed by atoms with E-state index in [1.54, 1.807) is 55.3 Å². The van der Waals surface area contributed by atoms with Gasteiger partial charge in [0.05, 0.1) is 17.3 Å². The van der Waals surface area contributed by atoms with Gasteiger partial charge in [-0.3, -0.25) is 14.3 Å². The smallest absolute Gasteiger partial charge is 0.255 e.